The summed E-state index contributed by atoms with van der Waals surface area (Å²) >= 11 is 0. The Morgan fingerprint density at radius 3 is 2.18 bits per heavy atom. The molecule has 0 spiro atoms. The van der Waals surface area contributed by atoms with E-state index in [0.29, 0.717) is 6.61 Å². The zero-order valence-corrected chi connectivity index (χ0v) is 14.3. The first-order valence-corrected chi connectivity index (χ1v) is 8.13. The van der Waals surface area contributed by atoms with Crippen LogP contribution in [0.4, 0.5) is 4.79 Å². The Bertz CT molecular complexity index is 483. The predicted molar refractivity (Wildman–Crippen MR) is 89.0 cm³/mol. The number of carbonyl (C=O) groups is 1. The number of carbonyl (C=O) groups excluding carboxylic acids is 1. The third-order valence-corrected chi connectivity index (χ3v) is 4.12. The third-order valence-electron chi connectivity index (χ3n) is 4.12. The average Bonchev–Trinajstić information content (AvgIpc) is 2.48. The van der Waals surface area contributed by atoms with Gasteiger partial charge in [0.1, 0.15) is 0 Å². The number of piperazine rings is 1. The number of nitrogens with zero attached hydrogens (tertiary/aromatic N) is 2. The van der Waals surface area contributed by atoms with Gasteiger partial charge in [-0.05, 0) is 23.5 Å². The number of hydrogen-bond acceptors (Lipinski definition) is 3. The summed E-state index contributed by atoms with van der Waals surface area (Å²) in [4.78, 5) is 15.9. The van der Waals surface area contributed by atoms with Gasteiger partial charge in [-0.15, -0.1) is 0 Å². The Hall–Kier alpha value is -1.55. The van der Waals surface area contributed by atoms with Crippen molar-refractivity contribution < 1.29 is 9.53 Å². The SMILES string of the molecule is CCOC(=O)N1CCN(Cc2ccc(C(C)(C)C)cc2)CC1. The van der Waals surface area contributed by atoms with Gasteiger partial charge in [-0.1, -0.05) is 45.0 Å². The van der Waals surface area contributed by atoms with Crippen molar-refractivity contribution >= 4 is 6.09 Å². The summed E-state index contributed by atoms with van der Waals surface area (Å²) in [6.07, 6.45) is -0.184. The van der Waals surface area contributed by atoms with Gasteiger partial charge in [0, 0.05) is 32.7 Å². The van der Waals surface area contributed by atoms with Crippen molar-refractivity contribution in [1.82, 2.24) is 9.80 Å². The smallest absolute Gasteiger partial charge is 0.409 e. The molecule has 0 radical (unpaired) electrons. The zero-order chi connectivity index (χ0) is 16.2. The number of amides is 1. The molecule has 1 heterocycles. The maximum atomic E-state index is 11.7. The summed E-state index contributed by atoms with van der Waals surface area (Å²) in [5, 5.41) is 0. The lowest BCUT2D eigenvalue weighted by molar-refractivity contribution is 0.0778. The molecule has 2 rings (SSSR count). The van der Waals surface area contributed by atoms with Crippen molar-refractivity contribution in [2.24, 2.45) is 0 Å². The van der Waals surface area contributed by atoms with Crippen LogP contribution >= 0.6 is 0 Å². The Morgan fingerprint density at radius 1 is 1.09 bits per heavy atom. The van der Waals surface area contributed by atoms with Gasteiger partial charge in [0.2, 0.25) is 0 Å². The molecule has 1 fully saturated rings. The molecular formula is C18H28N2O2. The molecule has 0 aliphatic carbocycles. The van der Waals surface area contributed by atoms with Crippen molar-refractivity contribution in [2.45, 2.75) is 39.7 Å². The van der Waals surface area contributed by atoms with E-state index in [1.54, 1.807) is 4.90 Å². The Balaban J connectivity index is 1.84. The van der Waals surface area contributed by atoms with E-state index in [1.807, 2.05) is 6.92 Å². The van der Waals surface area contributed by atoms with Gasteiger partial charge in [0.25, 0.3) is 0 Å². The van der Waals surface area contributed by atoms with E-state index < -0.39 is 0 Å². The fraction of sp³-hybridized carbons (Fsp3) is 0.611. The zero-order valence-electron chi connectivity index (χ0n) is 14.3. The normalized spacial score (nSPS) is 16.6. The molecule has 0 aromatic heterocycles. The molecule has 1 aliphatic rings. The number of ether oxygens (including phenoxy) is 1. The van der Waals surface area contributed by atoms with Crippen LogP contribution in [0.3, 0.4) is 0 Å². The minimum absolute atomic E-state index is 0.184. The predicted octanol–water partition coefficient (Wildman–Crippen LogP) is 3.26. The topological polar surface area (TPSA) is 32.8 Å². The molecule has 0 saturated carbocycles. The van der Waals surface area contributed by atoms with Crippen LogP contribution in [0.25, 0.3) is 0 Å². The van der Waals surface area contributed by atoms with Crippen LogP contribution in [0.2, 0.25) is 0 Å². The van der Waals surface area contributed by atoms with Crippen LogP contribution in [0.5, 0.6) is 0 Å². The van der Waals surface area contributed by atoms with E-state index in [1.165, 1.54) is 11.1 Å². The van der Waals surface area contributed by atoms with Crippen molar-refractivity contribution in [1.29, 1.82) is 0 Å². The second-order valence-corrected chi connectivity index (χ2v) is 6.91. The first-order valence-electron chi connectivity index (χ1n) is 8.13. The maximum Gasteiger partial charge on any atom is 0.409 e. The molecule has 4 heteroatoms. The molecule has 0 N–H and O–H groups in total. The summed E-state index contributed by atoms with van der Waals surface area (Å²) in [5.41, 5.74) is 2.89. The molecule has 1 aromatic carbocycles. The van der Waals surface area contributed by atoms with Gasteiger partial charge in [-0.3, -0.25) is 4.90 Å². The van der Waals surface area contributed by atoms with Crippen LogP contribution in [0, 0.1) is 0 Å². The van der Waals surface area contributed by atoms with Gasteiger partial charge in [-0.25, -0.2) is 4.79 Å². The van der Waals surface area contributed by atoms with Gasteiger partial charge in [0.15, 0.2) is 0 Å². The molecule has 0 bridgehead atoms. The number of rotatable bonds is 3. The van der Waals surface area contributed by atoms with Crippen LogP contribution in [0.15, 0.2) is 24.3 Å². The lowest BCUT2D eigenvalue weighted by atomic mass is 9.87. The molecule has 1 aliphatic heterocycles. The van der Waals surface area contributed by atoms with Crippen LogP contribution in [0.1, 0.15) is 38.8 Å². The summed E-state index contributed by atoms with van der Waals surface area (Å²) in [7, 11) is 0. The summed E-state index contributed by atoms with van der Waals surface area (Å²) in [6.45, 7) is 13.2. The Labute approximate surface area is 134 Å². The van der Waals surface area contributed by atoms with E-state index in [-0.39, 0.29) is 11.5 Å². The lowest BCUT2D eigenvalue weighted by Gasteiger charge is -2.34. The standard InChI is InChI=1S/C18H28N2O2/c1-5-22-17(21)20-12-10-19(11-13-20)14-15-6-8-16(9-7-15)18(2,3)4/h6-9H,5,10-14H2,1-4H3. The van der Waals surface area contributed by atoms with E-state index in [9.17, 15) is 4.79 Å². The highest BCUT2D eigenvalue weighted by Crippen LogP contribution is 2.22. The minimum atomic E-state index is -0.184. The maximum absolute atomic E-state index is 11.7. The molecule has 0 unspecified atom stereocenters. The molecule has 1 amide bonds. The van der Waals surface area contributed by atoms with E-state index in [4.69, 9.17) is 4.74 Å². The molecule has 122 valence electrons. The molecule has 1 aromatic rings. The highest BCUT2D eigenvalue weighted by molar-refractivity contribution is 5.67. The first kappa shape index (κ1) is 16.8. The third kappa shape index (κ3) is 4.47. The lowest BCUT2D eigenvalue weighted by Crippen LogP contribution is -2.48. The first-order chi connectivity index (χ1) is 10.4. The van der Waals surface area contributed by atoms with Crippen LogP contribution < -0.4 is 0 Å². The van der Waals surface area contributed by atoms with Crippen molar-refractivity contribution in [2.75, 3.05) is 32.8 Å². The Morgan fingerprint density at radius 2 is 1.68 bits per heavy atom. The molecule has 4 nitrogen and oxygen atoms in total. The van der Waals surface area contributed by atoms with Crippen molar-refractivity contribution in [3.05, 3.63) is 35.4 Å². The second-order valence-electron chi connectivity index (χ2n) is 6.91. The minimum Gasteiger partial charge on any atom is -0.450 e. The highest BCUT2D eigenvalue weighted by atomic mass is 16.6. The van der Waals surface area contributed by atoms with Crippen molar-refractivity contribution in [3.63, 3.8) is 0 Å². The molecule has 22 heavy (non-hydrogen) atoms. The van der Waals surface area contributed by atoms with E-state index in [2.05, 4.69) is 49.9 Å². The van der Waals surface area contributed by atoms with Gasteiger partial charge < -0.3 is 9.64 Å². The molecular weight excluding hydrogens is 276 g/mol. The van der Waals surface area contributed by atoms with E-state index >= 15 is 0 Å². The second kappa shape index (κ2) is 7.14. The number of benzene rings is 1. The van der Waals surface area contributed by atoms with Crippen LogP contribution in [-0.2, 0) is 16.7 Å². The van der Waals surface area contributed by atoms with Gasteiger partial charge >= 0.3 is 6.09 Å². The van der Waals surface area contributed by atoms with Crippen LogP contribution in [-0.4, -0.2) is 48.7 Å². The summed E-state index contributed by atoms with van der Waals surface area (Å²) in [6, 6.07) is 8.89. The number of hydrogen-bond donors (Lipinski definition) is 0. The quantitative estimate of drug-likeness (QED) is 0.859. The van der Waals surface area contributed by atoms with E-state index in [0.717, 1.165) is 32.7 Å². The fourth-order valence-electron chi connectivity index (χ4n) is 2.67. The fourth-order valence-corrected chi connectivity index (χ4v) is 2.67. The highest BCUT2D eigenvalue weighted by Gasteiger charge is 2.22. The molecule has 0 atom stereocenters. The monoisotopic (exact) mass is 304 g/mol. The van der Waals surface area contributed by atoms with Gasteiger partial charge in [0.05, 0.1) is 6.61 Å². The largest absolute Gasteiger partial charge is 0.450 e. The summed E-state index contributed by atoms with van der Waals surface area (Å²) in [5.74, 6) is 0. The molecule has 1 saturated heterocycles. The Kier molecular flexibility index (Phi) is 5.46. The summed E-state index contributed by atoms with van der Waals surface area (Å²) < 4.78 is 5.05. The average molecular weight is 304 g/mol. The van der Waals surface area contributed by atoms with Crippen molar-refractivity contribution in [3.8, 4) is 0 Å². The van der Waals surface area contributed by atoms with Gasteiger partial charge in [-0.2, -0.15) is 0 Å².